The van der Waals surface area contributed by atoms with Crippen molar-refractivity contribution in [2.45, 2.75) is 39.2 Å². The number of nitrogens with two attached hydrogens (primary N) is 1. The summed E-state index contributed by atoms with van der Waals surface area (Å²) < 4.78 is 17.0. The van der Waals surface area contributed by atoms with Crippen LogP contribution in [0.5, 0.6) is 11.5 Å². The van der Waals surface area contributed by atoms with Gasteiger partial charge in [-0.1, -0.05) is 11.6 Å². The van der Waals surface area contributed by atoms with Crippen molar-refractivity contribution in [3.63, 3.8) is 0 Å². The van der Waals surface area contributed by atoms with E-state index in [0.29, 0.717) is 42.1 Å². The van der Waals surface area contributed by atoms with E-state index in [1.54, 1.807) is 18.2 Å². The van der Waals surface area contributed by atoms with Crippen molar-refractivity contribution in [1.82, 2.24) is 10.3 Å². The maximum atomic E-state index is 12.2. The Kier molecular flexibility index (Phi) is 6.25. The summed E-state index contributed by atoms with van der Waals surface area (Å²) >= 11 is 6.25. The first-order valence-corrected chi connectivity index (χ1v) is 9.92. The highest BCUT2D eigenvalue weighted by Crippen LogP contribution is 2.37. The number of hydrogen-bond acceptors (Lipinski definition) is 5. The van der Waals surface area contributed by atoms with Crippen LogP contribution < -0.4 is 20.3 Å². The molecule has 2 aliphatic heterocycles. The number of nitrogens with one attached hydrogen (secondary N) is 1. The molecule has 0 radical (unpaired) electrons. The third-order valence-electron chi connectivity index (χ3n) is 4.78. The van der Waals surface area contributed by atoms with Crippen LogP contribution in [0.25, 0.3) is 5.03 Å². The number of methoxy groups -OCH3 is 1. The first-order valence-electron chi connectivity index (χ1n) is 9.55. The lowest BCUT2D eigenvalue weighted by Crippen LogP contribution is -2.87. The van der Waals surface area contributed by atoms with Gasteiger partial charge in [-0.2, -0.15) is 0 Å². The van der Waals surface area contributed by atoms with Crippen molar-refractivity contribution in [3.05, 3.63) is 23.9 Å². The molecule has 28 heavy (non-hydrogen) atoms. The summed E-state index contributed by atoms with van der Waals surface area (Å²) in [5, 5.41) is 0.636. The fourth-order valence-electron chi connectivity index (χ4n) is 3.27. The monoisotopic (exact) mass is 410 g/mol. The number of nitrogens with zero attached hydrogens (tertiary/aromatic N) is 1. The molecule has 0 atom stereocenters. The second-order valence-electron chi connectivity index (χ2n) is 8.12. The molecule has 0 bridgehead atoms. The minimum atomic E-state index is -0.468. The predicted molar refractivity (Wildman–Crippen MR) is 108 cm³/mol. The van der Waals surface area contributed by atoms with Crippen LogP contribution in [0.1, 0.15) is 39.2 Å². The number of rotatable bonds is 4. The average molecular weight is 411 g/mol. The first kappa shape index (κ1) is 20.6. The summed E-state index contributed by atoms with van der Waals surface area (Å²) in [5.41, 5.74) is 6.31. The van der Waals surface area contributed by atoms with E-state index in [1.807, 2.05) is 38.3 Å². The maximum Gasteiger partial charge on any atom is 0.410 e. The molecule has 7 nitrogen and oxygen atoms in total. The molecule has 2 aliphatic rings. The standard InChI is InChI=1S/C20H28ClN3O4/c1-20(2,3)28-19(25)24-7-5-13(6-8-24)12-27-18-10-16-14(9-17(18)26-4)15(21)11-22-23-16/h9-11,13,22-23H,5-8,12H2,1-4H3/p+1. The van der Waals surface area contributed by atoms with Crippen LogP contribution in [-0.4, -0.2) is 43.4 Å². The van der Waals surface area contributed by atoms with E-state index < -0.39 is 5.60 Å². The lowest BCUT2D eigenvalue weighted by molar-refractivity contribution is -0.624. The Labute approximate surface area is 170 Å². The second-order valence-corrected chi connectivity index (χ2v) is 8.52. The minimum Gasteiger partial charge on any atom is -0.493 e. The van der Waals surface area contributed by atoms with E-state index >= 15 is 0 Å². The number of fused-ring (bicyclic) bond motifs is 1. The van der Waals surface area contributed by atoms with Crippen molar-refractivity contribution in [2.75, 3.05) is 26.8 Å². The summed E-state index contributed by atoms with van der Waals surface area (Å²) in [6, 6.07) is 3.83. The molecule has 3 N–H and O–H groups in total. The number of carbonyl (C=O) groups excluding carboxylic acids is 1. The molecule has 154 valence electrons. The van der Waals surface area contributed by atoms with E-state index in [9.17, 15) is 4.79 Å². The Bertz CT molecular complexity index is 753. The summed E-state index contributed by atoms with van der Waals surface area (Å²) in [6.45, 7) is 7.59. The molecule has 1 fully saturated rings. The molecule has 8 heteroatoms. The zero-order chi connectivity index (χ0) is 20.3. The van der Waals surface area contributed by atoms with Gasteiger partial charge >= 0.3 is 6.09 Å². The lowest BCUT2D eigenvalue weighted by atomic mass is 9.98. The Balaban J connectivity index is 1.56. The summed E-state index contributed by atoms with van der Waals surface area (Å²) in [5.74, 6) is 1.73. The van der Waals surface area contributed by atoms with E-state index in [4.69, 9.17) is 25.8 Å². The van der Waals surface area contributed by atoms with Gasteiger partial charge in [0.15, 0.2) is 17.2 Å². The summed E-state index contributed by atoms with van der Waals surface area (Å²) in [4.78, 5) is 14.0. The molecule has 0 aliphatic carbocycles. The maximum absolute atomic E-state index is 12.2. The van der Waals surface area contributed by atoms with Gasteiger partial charge in [-0.05, 0) is 45.6 Å². The number of halogens is 1. The first-order chi connectivity index (χ1) is 13.3. The molecule has 0 unspecified atom stereocenters. The Morgan fingerprint density at radius 3 is 2.64 bits per heavy atom. The van der Waals surface area contributed by atoms with E-state index in [0.717, 1.165) is 24.1 Å². The Morgan fingerprint density at radius 1 is 1.29 bits per heavy atom. The highest BCUT2D eigenvalue weighted by molar-refractivity contribution is 6.49. The van der Waals surface area contributed by atoms with E-state index in [2.05, 4.69) is 5.43 Å². The lowest BCUT2D eigenvalue weighted by Gasteiger charge is -2.33. The zero-order valence-electron chi connectivity index (χ0n) is 16.9. The van der Waals surface area contributed by atoms with Crippen molar-refractivity contribution >= 4 is 28.4 Å². The number of amides is 1. The quantitative estimate of drug-likeness (QED) is 0.589. The van der Waals surface area contributed by atoms with Crippen molar-refractivity contribution in [3.8, 4) is 11.5 Å². The summed E-state index contributed by atoms with van der Waals surface area (Å²) in [7, 11) is 1.62. The van der Waals surface area contributed by atoms with Crippen molar-refractivity contribution in [2.24, 2.45) is 5.92 Å². The van der Waals surface area contributed by atoms with Crippen LogP contribution in [0.3, 0.4) is 0 Å². The van der Waals surface area contributed by atoms with Crippen LogP contribution in [0.15, 0.2) is 18.3 Å². The molecular formula is C20H29ClN3O4+. The highest BCUT2D eigenvalue weighted by Gasteiger charge is 2.27. The van der Waals surface area contributed by atoms with Crippen molar-refractivity contribution in [1.29, 1.82) is 0 Å². The van der Waals surface area contributed by atoms with Gasteiger partial charge in [-0.3, -0.25) is 0 Å². The van der Waals surface area contributed by atoms with Gasteiger partial charge in [0.05, 0.1) is 30.5 Å². The molecule has 1 aromatic carbocycles. The number of quaternary nitrogens is 1. The van der Waals surface area contributed by atoms with Gasteiger partial charge in [0, 0.05) is 19.2 Å². The molecule has 2 heterocycles. The smallest absolute Gasteiger partial charge is 0.410 e. The summed E-state index contributed by atoms with van der Waals surface area (Å²) in [6.07, 6.45) is 3.27. The third kappa shape index (κ3) is 5.02. The average Bonchev–Trinajstić information content (AvgIpc) is 2.65. The molecule has 3 rings (SSSR count). The van der Waals surface area contributed by atoms with Crippen LogP contribution >= 0.6 is 11.6 Å². The molecule has 1 amide bonds. The van der Waals surface area contributed by atoms with Crippen molar-refractivity contribution < 1.29 is 24.4 Å². The number of ether oxygens (including phenoxy) is 3. The third-order valence-corrected chi connectivity index (χ3v) is 5.10. The number of likely N-dealkylation sites (tertiary alicyclic amines) is 1. The van der Waals surface area contributed by atoms with Gasteiger partial charge in [0.2, 0.25) is 0 Å². The zero-order valence-corrected chi connectivity index (χ0v) is 17.6. The number of piperidine rings is 1. The molecule has 1 saturated heterocycles. The van der Waals surface area contributed by atoms with Crippen LogP contribution in [0.2, 0.25) is 0 Å². The Hall–Kier alpha value is -2.12. The molecular weight excluding hydrogens is 382 g/mol. The fourth-order valence-corrected chi connectivity index (χ4v) is 3.50. The van der Waals surface area contributed by atoms with E-state index in [-0.39, 0.29) is 6.09 Å². The van der Waals surface area contributed by atoms with Crippen LogP contribution in [-0.2, 0) is 4.74 Å². The highest BCUT2D eigenvalue weighted by atomic mass is 35.5. The van der Waals surface area contributed by atoms with Gasteiger partial charge < -0.3 is 19.1 Å². The van der Waals surface area contributed by atoms with Crippen LogP contribution in [0, 0.1) is 5.92 Å². The van der Waals surface area contributed by atoms with Gasteiger partial charge in [0.1, 0.15) is 5.60 Å². The van der Waals surface area contributed by atoms with E-state index in [1.165, 1.54) is 0 Å². The predicted octanol–water partition coefficient (Wildman–Crippen LogP) is 2.97. The van der Waals surface area contributed by atoms with Crippen LogP contribution in [0.4, 0.5) is 10.5 Å². The van der Waals surface area contributed by atoms with Gasteiger partial charge in [0.25, 0.3) is 0 Å². The van der Waals surface area contributed by atoms with Gasteiger partial charge in [-0.15, -0.1) is 0 Å². The molecule has 0 spiro atoms. The minimum absolute atomic E-state index is 0.240. The van der Waals surface area contributed by atoms with Gasteiger partial charge in [-0.25, -0.2) is 15.6 Å². The number of benzene rings is 1. The Morgan fingerprint density at radius 2 is 2.00 bits per heavy atom. The largest absolute Gasteiger partial charge is 0.493 e. The normalized spacial score (nSPS) is 17.3. The number of carbonyl (C=O) groups is 1. The SMILES string of the molecule is COc1cc2c(cc1OCC1CCN(C(=O)OC(C)(C)C)CC1)[NH2+]NC=C2Cl. The molecule has 0 saturated carbocycles. The molecule has 0 aromatic heterocycles. The topological polar surface area (TPSA) is 76.6 Å². The second kappa shape index (κ2) is 8.49. The number of hydrogen-bond donors (Lipinski definition) is 2. The fraction of sp³-hybridized carbons (Fsp3) is 0.550. The molecule has 1 aromatic rings.